The molecular formula is C25H28N2O5. The van der Waals surface area contributed by atoms with E-state index in [-0.39, 0.29) is 12.5 Å². The van der Waals surface area contributed by atoms with Crippen LogP contribution in [0.3, 0.4) is 0 Å². The largest absolute Gasteiger partial charge is 0.480 e. The van der Waals surface area contributed by atoms with Crippen molar-refractivity contribution >= 4 is 18.0 Å². The van der Waals surface area contributed by atoms with Gasteiger partial charge in [-0.1, -0.05) is 61.4 Å². The summed E-state index contributed by atoms with van der Waals surface area (Å²) >= 11 is 0. The molecule has 1 saturated heterocycles. The van der Waals surface area contributed by atoms with Gasteiger partial charge in [0.05, 0.1) is 0 Å². The number of fused-ring (bicyclic) bond motifs is 3. The summed E-state index contributed by atoms with van der Waals surface area (Å²) in [6.45, 7) is 2.10. The van der Waals surface area contributed by atoms with Crippen molar-refractivity contribution in [1.29, 1.82) is 0 Å². The second kappa shape index (κ2) is 9.42. The minimum absolute atomic E-state index is 0.0684. The van der Waals surface area contributed by atoms with E-state index in [9.17, 15) is 19.5 Å². The fraction of sp³-hybridized carbons (Fsp3) is 0.400. The molecule has 32 heavy (non-hydrogen) atoms. The summed E-state index contributed by atoms with van der Waals surface area (Å²) in [7, 11) is 0. The quantitative estimate of drug-likeness (QED) is 0.744. The number of carbonyl (C=O) groups is 3. The van der Waals surface area contributed by atoms with Crippen molar-refractivity contribution in [1.82, 2.24) is 10.2 Å². The number of likely N-dealkylation sites (tertiary alicyclic amines) is 1. The lowest BCUT2D eigenvalue weighted by Crippen LogP contribution is -2.52. The molecule has 7 heteroatoms. The maximum Gasteiger partial charge on any atom is 0.407 e. The van der Waals surface area contributed by atoms with Gasteiger partial charge in [0.25, 0.3) is 0 Å². The molecule has 2 aromatic carbocycles. The monoisotopic (exact) mass is 436 g/mol. The maximum atomic E-state index is 12.9. The van der Waals surface area contributed by atoms with Crippen molar-refractivity contribution in [3.8, 4) is 11.1 Å². The Hall–Kier alpha value is -3.35. The molecule has 0 aromatic heterocycles. The van der Waals surface area contributed by atoms with Crippen LogP contribution in [0.25, 0.3) is 11.1 Å². The van der Waals surface area contributed by atoms with Gasteiger partial charge in [0.15, 0.2) is 0 Å². The molecule has 4 rings (SSSR count). The fourth-order valence-corrected chi connectivity index (χ4v) is 4.76. The molecule has 0 radical (unpaired) electrons. The van der Waals surface area contributed by atoms with E-state index in [1.54, 1.807) is 6.92 Å². The minimum atomic E-state index is -1.01. The lowest BCUT2D eigenvalue weighted by atomic mass is 9.98. The molecule has 0 spiro atoms. The second-order valence-electron chi connectivity index (χ2n) is 8.43. The molecule has 2 aromatic rings. The molecule has 2 aliphatic rings. The molecule has 2 atom stereocenters. The Kier molecular flexibility index (Phi) is 6.44. The van der Waals surface area contributed by atoms with Crippen LogP contribution >= 0.6 is 0 Å². The molecule has 1 heterocycles. The third-order valence-electron chi connectivity index (χ3n) is 6.37. The van der Waals surface area contributed by atoms with Crippen molar-refractivity contribution in [3.05, 3.63) is 59.7 Å². The number of nitrogens with one attached hydrogen (secondary N) is 1. The number of alkyl carbamates (subject to hydrolysis) is 1. The summed E-state index contributed by atoms with van der Waals surface area (Å²) in [6, 6.07) is 14.4. The molecule has 7 nitrogen and oxygen atoms in total. The first-order valence-corrected chi connectivity index (χ1v) is 11.1. The SMILES string of the molecule is C[C@@H](NC(=O)OCC1c2ccccc2-c2ccccc21)C(=O)N1CCCCCC1C(=O)O. The normalized spacial score (nSPS) is 18.8. The Labute approximate surface area is 187 Å². The third kappa shape index (κ3) is 4.33. The number of ether oxygens (including phenoxy) is 1. The molecule has 0 saturated carbocycles. The number of carboxylic acid groups (broad SMARTS) is 1. The Bertz CT molecular complexity index is 975. The average Bonchev–Trinajstić information content (AvgIpc) is 2.93. The van der Waals surface area contributed by atoms with E-state index in [4.69, 9.17) is 4.74 Å². The van der Waals surface area contributed by atoms with Gasteiger partial charge in [-0.3, -0.25) is 4.79 Å². The average molecular weight is 437 g/mol. The molecule has 168 valence electrons. The number of aliphatic carboxylic acids is 1. The van der Waals surface area contributed by atoms with Crippen LogP contribution in [0.5, 0.6) is 0 Å². The molecule has 1 unspecified atom stereocenters. The summed E-state index contributed by atoms with van der Waals surface area (Å²) < 4.78 is 5.51. The molecule has 1 aliphatic carbocycles. The number of rotatable bonds is 5. The molecule has 1 fully saturated rings. The number of carbonyl (C=O) groups excluding carboxylic acids is 2. The summed E-state index contributed by atoms with van der Waals surface area (Å²) in [5.41, 5.74) is 4.50. The van der Waals surface area contributed by atoms with Gasteiger partial charge in [0.1, 0.15) is 18.7 Å². The van der Waals surface area contributed by atoms with Crippen LogP contribution in [0.4, 0.5) is 4.79 Å². The first-order valence-electron chi connectivity index (χ1n) is 11.1. The zero-order chi connectivity index (χ0) is 22.7. The van der Waals surface area contributed by atoms with Crippen LogP contribution in [0.1, 0.15) is 49.7 Å². The van der Waals surface area contributed by atoms with Gasteiger partial charge in [-0.2, -0.15) is 0 Å². The fourth-order valence-electron chi connectivity index (χ4n) is 4.76. The number of carboxylic acids is 1. The smallest absolute Gasteiger partial charge is 0.407 e. The van der Waals surface area contributed by atoms with E-state index in [1.165, 1.54) is 4.90 Å². The predicted octanol–water partition coefficient (Wildman–Crippen LogP) is 3.77. The summed E-state index contributed by atoms with van der Waals surface area (Å²) in [6.07, 6.45) is 2.16. The van der Waals surface area contributed by atoms with Crippen LogP contribution in [0.15, 0.2) is 48.5 Å². The van der Waals surface area contributed by atoms with Gasteiger partial charge in [0, 0.05) is 12.5 Å². The van der Waals surface area contributed by atoms with Crippen molar-refractivity contribution in [3.63, 3.8) is 0 Å². The third-order valence-corrected chi connectivity index (χ3v) is 6.37. The standard InChI is InChI=1S/C25H28N2O5/c1-16(23(28)27-14-8-2-3-13-22(27)24(29)30)26-25(31)32-15-21-19-11-6-4-9-17(19)18-10-5-7-12-20(18)21/h4-7,9-12,16,21-22H,2-3,8,13-15H2,1H3,(H,26,31)(H,29,30)/t16-,22?/m1/s1. The van der Waals surface area contributed by atoms with E-state index in [0.29, 0.717) is 13.0 Å². The molecular weight excluding hydrogens is 408 g/mol. The first kappa shape index (κ1) is 21.9. The highest BCUT2D eigenvalue weighted by Crippen LogP contribution is 2.44. The van der Waals surface area contributed by atoms with E-state index >= 15 is 0 Å². The topological polar surface area (TPSA) is 95.9 Å². The van der Waals surface area contributed by atoms with Gasteiger partial charge in [0.2, 0.25) is 5.91 Å². The minimum Gasteiger partial charge on any atom is -0.480 e. The summed E-state index contributed by atoms with van der Waals surface area (Å²) in [5, 5.41) is 12.1. The molecule has 2 amide bonds. The van der Waals surface area contributed by atoms with E-state index in [1.807, 2.05) is 36.4 Å². The highest BCUT2D eigenvalue weighted by molar-refractivity contribution is 5.89. The zero-order valence-electron chi connectivity index (χ0n) is 18.1. The Morgan fingerprint density at radius 1 is 1.03 bits per heavy atom. The number of amides is 2. The highest BCUT2D eigenvalue weighted by Gasteiger charge is 2.34. The van der Waals surface area contributed by atoms with Crippen molar-refractivity contribution < 1.29 is 24.2 Å². The highest BCUT2D eigenvalue weighted by atomic mass is 16.5. The van der Waals surface area contributed by atoms with Crippen LogP contribution < -0.4 is 5.32 Å². The lowest BCUT2D eigenvalue weighted by Gasteiger charge is -2.29. The van der Waals surface area contributed by atoms with Gasteiger partial charge < -0.3 is 20.1 Å². The van der Waals surface area contributed by atoms with E-state index in [2.05, 4.69) is 17.4 Å². The Balaban J connectivity index is 1.39. The van der Waals surface area contributed by atoms with Crippen molar-refractivity contribution in [2.45, 2.75) is 50.6 Å². The maximum absolute atomic E-state index is 12.9. The van der Waals surface area contributed by atoms with Crippen LogP contribution in [-0.4, -0.2) is 53.2 Å². The lowest BCUT2D eigenvalue weighted by molar-refractivity contribution is -0.150. The first-order chi connectivity index (χ1) is 15.5. The van der Waals surface area contributed by atoms with Gasteiger partial charge in [-0.15, -0.1) is 0 Å². The number of hydrogen-bond donors (Lipinski definition) is 2. The van der Waals surface area contributed by atoms with Gasteiger partial charge >= 0.3 is 12.1 Å². The van der Waals surface area contributed by atoms with Gasteiger partial charge in [-0.05, 0) is 42.0 Å². The number of benzene rings is 2. The van der Waals surface area contributed by atoms with Gasteiger partial charge in [-0.25, -0.2) is 9.59 Å². The summed E-state index contributed by atoms with van der Waals surface area (Å²) in [5.74, 6) is -1.47. The van der Waals surface area contributed by atoms with Crippen LogP contribution in [-0.2, 0) is 14.3 Å². The Morgan fingerprint density at radius 3 is 2.28 bits per heavy atom. The van der Waals surface area contributed by atoms with E-state index in [0.717, 1.165) is 41.5 Å². The Morgan fingerprint density at radius 2 is 1.66 bits per heavy atom. The number of hydrogen-bond acceptors (Lipinski definition) is 4. The predicted molar refractivity (Wildman–Crippen MR) is 119 cm³/mol. The van der Waals surface area contributed by atoms with Crippen molar-refractivity contribution in [2.24, 2.45) is 0 Å². The molecule has 2 N–H and O–H groups in total. The second-order valence-corrected chi connectivity index (χ2v) is 8.43. The molecule has 0 bridgehead atoms. The zero-order valence-corrected chi connectivity index (χ0v) is 18.1. The molecule has 1 aliphatic heterocycles. The number of nitrogens with zero attached hydrogens (tertiary/aromatic N) is 1. The van der Waals surface area contributed by atoms with Crippen molar-refractivity contribution in [2.75, 3.05) is 13.2 Å². The summed E-state index contributed by atoms with van der Waals surface area (Å²) in [4.78, 5) is 38.4. The van der Waals surface area contributed by atoms with Crippen LogP contribution in [0, 0.1) is 0 Å². The van der Waals surface area contributed by atoms with Crippen LogP contribution in [0.2, 0.25) is 0 Å². The van der Waals surface area contributed by atoms with E-state index < -0.39 is 30.1 Å².